The molecule has 0 heterocycles. The summed E-state index contributed by atoms with van der Waals surface area (Å²) in [5.74, 6) is 0. The fourth-order valence-corrected chi connectivity index (χ4v) is 3.59. The fourth-order valence-electron chi connectivity index (χ4n) is 2.23. The van der Waals surface area contributed by atoms with Crippen molar-refractivity contribution >= 4 is 22.4 Å². The maximum atomic E-state index is 12.2. The molecule has 4 nitrogen and oxygen atoms in total. The summed E-state index contributed by atoms with van der Waals surface area (Å²) in [6, 6.07) is 5.33. The summed E-state index contributed by atoms with van der Waals surface area (Å²) < 4.78 is 27.0. The van der Waals surface area contributed by atoms with Gasteiger partial charge in [-0.25, -0.2) is 13.1 Å². The van der Waals surface area contributed by atoms with Crippen LogP contribution in [0.2, 0.25) is 0 Å². The molecule has 0 atom stereocenters. The van der Waals surface area contributed by atoms with Crippen LogP contribution in [0.25, 0.3) is 0 Å². The van der Waals surface area contributed by atoms with Gasteiger partial charge in [0.1, 0.15) is 0 Å². The molecule has 3 N–H and O–H groups in total. The van der Waals surface area contributed by atoms with Crippen LogP contribution in [-0.2, 0) is 10.0 Å². The first-order chi connectivity index (χ1) is 8.32. The molecule has 0 bridgehead atoms. The molecule has 1 aromatic rings. The van der Waals surface area contributed by atoms with E-state index in [1.807, 2.05) is 26.0 Å². The number of benzene rings is 1. The van der Waals surface area contributed by atoms with Gasteiger partial charge >= 0.3 is 0 Å². The van der Waals surface area contributed by atoms with Gasteiger partial charge in [0, 0.05) is 12.1 Å². The lowest BCUT2D eigenvalue weighted by Gasteiger charge is -2.38. The fraction of sp³-hybridized carbons (Fsp3) is 0.538. The molecule has 1 fully saturated rings. The van der Waals surface area contributed by atoms with Gasteiger partial charge in [0.05, 0.1) is 4.90 Å². The third kappa shape index (κ3) is 3.69. The number of nitrogens with one attached hydrogen (secondary N) is 1. The number of hydrogen-bond acceptors (Lipinski definition) is 3. The smallest absolute Gasteiger partial charge is 0.240 e. The highest BCUT2D eigenvalue weighted by atomic mass is 35.5. The van der Waals surface area contributed by atoms with E-state index in [-0.39, 0.29) is 17.9 Å². The van der Waals surface area contributed by atoms with Crippen molar-refractivity contribution in [2.24, 2.45) is 5.73 Å². The summed E-state index contributed by atoms with van der Waals surface area (Å²) in [6.45, 7) is 4.08. The normalized spacial score (nSPS) is 17.4. The summed E-state index contributed by atoms with van der Waals surface area (Å²) in [5.41, 5.74) is 7.50. The Kier molecular flexibility index (Phi) is 5.01. The van der Waals surface area contributed by atoms with E-state index in [1.54, 1.807) is 6.07 Å². The molecule has 1 saturated carbocycles. The van der Waals surface area contributed by atoms with E-state index in [1.165, 1.54) is 0 Å². The van der Waals surface area contributed by atoms with Crippen LogP contribution in [-0.4, -0.2) is 20.5 Å². The van der Waals surface area contributed by atoms with Gasteiger partial charge < -0.3 is 5.73 Å². The van der Waals surface area contributed by atoms with E-state index < -0.39 is 10.0 Å². The second-order valence-corrected chi connectivity index (χ2v) is 7.04. The van der Waals surface area contributed by atoms with Gasteiger partial charge in [0.15, 0.2) is 0 Å². The number of hydrogen-bond donors (Lipinski definition) is 2. The summed E-state index contributed by atoms with van der Waals surface area (Å²) in [6.07, 6.45) is 2.87. The number of rotatable bonds is 4. The second kappa shape index (κ2) is 5.79. The highest BCUT2D eigenvalue weighted by Gasteiger charge is 2.33. The van der Waals surface area contributed by atoms with Crippen molar-refractivity contribution in [3.05, 3.63) is 29.3 Å². The zero-order valence-electron chi connectivity index (χ0n) is 11.3. The lowest BCUT2D eigenvalue weighted by Crippen LogP contribution is -2.54. The number of aryl methyl sites for hydroxylation is 2. The Morgan fingerprint density at radius 2 is 1.95 bits per heavy atom. The molecule has 0 aromatic heterocycles. The van der Waals surface area contributed by atoms with E-state index in [0.29, 0.717) is 11.4 Å². The Bertz CT molecular complexity index is 554. The molecule has 1 aliphatic rings. The molecular weight excluding hydrogens is 284 g/mol. The van der Waals surface area contributed by atoms with E-state index in [0.717, 1.165) is 30.4 Å². The lowest BCUT2D eigenvalue weighted by atomic mass is 9.78. The van der Waals surface area contributed by atoms with Crippen LogP contribution in [0.3, 0.4) is 0 Å². The maximum Gasteiger partial charge on any atom is 0.240 e. The van der Waals surface area contributed by atoms with Crippen LogP contribution in [0.5, 0.6) is 0 Å². The molecule has 0 saturated heterocycles. The Hall–Kier alpha value is -0.620. The quantitative estimate of drug-likeness (QED) is 0.892. The molecular formula is C13H21ClN2O2S. The average Bonchev–Trinajstić information content (AvgIpc) is 2.23. The topological polar surface area (TPSA) is 72.2 Å². The summed E-state index contributed by atoms with van der Waals surface area (Å²) in [7, 11) is -3.45. The minimum absolute atomic E-state index is 0. The summed E-state index contributed by atoms with van der Waals surface area (Å²) >= 11 is 0. The molecule has 0 radical (unpaired) electrons. The molecule has 0 amide bonds. The van der Waals surface area contributed by atoms with Crippen molar-refractivity contribution in [2.45, 2.75) is 43.5 Å². The minimum Gasteiger partial charge on any atom is -0.324 e. The largest absolute Gasteiger partial charge is 0.324 e. The van der Waals surface area contributed by atoms with Crippen LogP contribution < -0.4 is 10.5 Å². The Morgan fingerprint density at radius 1 is 1.32 bits per heavy atom. The first-order valence-electron chi connectivity index (χ1n) is 6.18. The highest BCUT2D eigenvalue weighted by molar-refractivity contribution is 7.89. The maximum absolute atomic E-state index is 12.2. The van der Waals surface area contributed by atoms with Crippen molar-refractivity contribution in [1.82, 2.24) is 4.72 Å². The predicted molar refractivity (Wildman–Crippen MR) is 79.1 cm³/mol. The van der Waals surface area contributed by atoms with Crippen molar-refractivity contribution < 1.29 is 8.42 Å². The summed E-state index contributed by atoms with van der Waals surface area (Å²) in [4.78, 5) is 0.344. The van der Waals surface area contributed by atoms with Crippen molar-refractivity contribution in [3.63, 3.8) is 0 Å². The third-order valence-corrected chi connectivity index (χ3v) is 5.15. The second-order valence-electron chi connectivity index (χ2n) is 5.31. The highest BCUT2D eigenvalue weighted by Crippen LogP contribution is 2.28. The molecule has 0 unspecified atom stereocenters. The number of nitrogens with two attached hydrogens (primary N) is 1. The summed E-state index contributed by atoms with van der Waals surface area (Å²) in [5, 5.41) is 0. The molecule has 1 aromatic carbocycles. The van der Waals surface area contributed by atoms with Gasteiger partial charge in [-0.2, -0.15) is 0 Å². The van der Waals surface area contributed by atoms with E-state index in [2.05, 4.69) is 4.72 Å². The van der Waals surface area contributed by atoms with Crippen LogP contribution in [0.15, 0.2) is 23.1 Å². The molecule has 0 spiro atoms. The van der Waals surface area contributed by atoms with E-state index in [4.69, 9.17) is 5.73 Å². The van der Waals surface area contributed by atoms with E-state index in [9.17, 15) is 8.42 Å². The zero-order valence-corrected chi connectivity index (χ0v) is 12.9. The molecule has 2 rings (SSSR count). The van der Waals surface area contributed by atoms with E-state index >= 15 is 0 Å². The molecule has 108 valence electrons. The van der Waals surface area contributed by atoms with Gasteiger partial charge in [-0.3, -0.25) is 0 Å². The molecule has 19 heavy (non-hydrogen) atoms. The first-order valence-corrected chi connectivity index (χ1v) is 7.67. The standard InChI is InChI=1S/C13H20N2O2S.ClH/c1-10-4-5-12(11(2)8-10)18(16,17)15-9-13(14)6-3-7-13;/h4-5,8,15H,3,6-7,9,14H2,1-2H3;1H. The SMILES string of the molecule is Cc1ccc(S(=O)(=O)NCC2(N)CCC2)c(C)c1.Cl. The van der Waals surface area contributed by atoms with Gasteiger partial charge in [-0.05, 0) is 44.7 Å². The van der Waals surface area contributed by atoms with Crippen LogP contribution in [0.1, 0.15) is 30.4 Å². The molecule has 6 heteroatoms. The van der Waals surface area contributed by atoms with Gasteiger partial charge in [-0.1, -0.05) is 17.7 Å². The number of sulfonamides is 1. The lowest BCUT2D eigenvalue weighted by molar-refractivity contribution is 0.251. The molecule has 0 aliphatic heterocycles. The Balaban J connectivity index is 0.00000180. The van der Waals surface area contributed by atoms with Gasteiger partial charge in [0.25, 0.3) is 0 Å². The van der Waals surface area contributed by atoms with Crippen LogP contribution in [0, 0.1) is 13.8 Å². The zero-order chi connectivity index (χ0) is 13.4. The number of halogens is 1. The van der Waals surface area contributed by atoms with Crippen molar-refractivity contribution in [3.8, 4) is 0 Å². The monoisotopic (exact) mass is 304 g/mol. The predicted octanol–water partition coefficient (Wildman–Crippen LogP) is 1.88. The average molecular weight is 305 g/mol. The Labute approximate surface area is 121 Å². The first kappa shape index (κ1) is 16.4. The van der Waals surface area contributed by atoms with Crippen molar-refractivity contribution in [2.75, 3.05) is 6.54 Å². The Morgan fingerprint density at radius 3 is 2.42 bits per heavy atom. The van der Waals surface area contributed by atoms with Crippen LogP contribution in [0.4, 0.5) is 0 Å². The van der Waals surface area contributed by atoms with Crippen molar-refractivity contribution in [1.29, 1.82) is 0 Å². The minimum atomic E-state index is -3.45. The third-order valence-electron chi connectivity index (χ3n) is 3.58. The van der Waals surface area contributed by atoms with Gasteiger partial charge in [0.2, 0.25) is 10.0 Å². The van der Waals surface area contributed by atoms with Crippen LogP contribution >= 0.6 is 12.4 Å². The molecule has 1 aliphatic carbocycles. The van der Waals surface area contributed by atoms with Gasteiger partial charge in [-0.15, -0.1) is 12.4 Å².